The highest BCUT2D eigenvalue weighted by Gasteiger charge is 2.43. The van der Waals surface area contributed by atoms with E-state index in [2.05, 4.69) is 36.6 Å². The third-order valence-corrected chi connectivity index (χ3v) is 10.1. The first-order chi connectivity index (χ1) is 21.4. The van der Waals surface area contributed by atoms with Gasteiger partial charge in [-0.2, -0.15) is 5.10 Å². The molecule has 0 spiro atoms. The molecule has 3 heterocycles. The van der Waals surface area contributed by atoms with Gasteiger partial charge in [0.05, 0.1) is 11.2 Å². The van der Waals surface area contributed by atoms with Crippen LogP contribution in [0.1, 0.15) is 69.6 Å². The first-order valence-electron chi connectivity index (χ1n) is 15.6. The van der Waals surface area contributed by atoms with Gasteiger partial charge >= 0.3 is 0 Å². The number of benzene rings is 2. The van der Waals surface area contributed by atoms with E-state index in [-0.39, 0.29) is 37.4 Å². The van der Waals surface area contributed by atoms with Crippen LogP contribution in [0.4, 0.5) is 0 Å². The number of carbonyl (C=O) groups is 4. The van der Waals surface area contributed by atoms with Gasteiger partial charge in [-0.25, -0.2) is 0 Å². The molecule has 1 aromatic heterocycles. The van der Waals surface area contributed by atoms with Crippen LogP contribution in [0.5, 0.6) is 0 Å². The Hall–Kier alpha value is -4.27. The molecule has 1 saturated heterocycles. The minimum Gasteiger partial charge on any atom is -0.366 e. The predicted octanol–water partition coefficient (Wildman–Crippen LogP) is 4.45. The van der Waals surface area contributed by atoms with E-state index in [1.165, 1.54) is 4.90 Å². The van der Waals surface area contributed by atoms with Crippen LogP contribution in [0.3, 0.4) is 0 Å². The zero-order valence-corrected chi connectivity index (χ0v) is 27.5. The Morgan fingerprint density at radius 3 is 2.69 bits per heavy atom. The first-order valence-corrected chi connectivity index (χ1v) is 19.3. The summed E-state index contributed by atoms with van der Waals surface area (Å²) >= 11 is 0. The molecular formula is C34H41N5O5Si. The molecule has 2 aromatic carbocycles. The van der Waals surface area contributed by atoms with Gasteiger partial charge in [-0.15, -0.1) is 0 Å². The number of carbonyl (C=O) groups excluding carboxylic acids is 4. The van der Waals surface area contributed by atoms with Crippen molar-refractivity contribution in [1.29, 1.82) is 0 Å². The normalized spacial score (nSPS) is 16.7. The standard InChI is InChI=1S/C34H41N5O5Si/c1-23-26-14-13-25(32(35)41)20-30(26)39(36-23)17-8-6-5-7-10-24-11-9-12-27-28(24)21-37(33(27)42)29-15-16-31(40)38(34(29)43)22-44-18-19-45(2,3)4/h9,11-14,20,29H,5-6,8,15-19,21-22H2,1-4H3,(H2,35,41). The van der Waals surface area contributed by atoms with E-state index in [1.54, 1.807) is 23.1 Å². The number of hydrogen-bond donors (Lipinski definition) is 1. The topological polar surface area (TPSA) is 128 Å². The van der Waals surface area contributed by atoms with Crippen LogP contribution in [0.15, 0.2) is 36.4 Å². The Morgan fingerprint density at radius 2 is 1.93 bits per heavy atom. The third-order valence-electron chi connectivity index (χ3n) is 8.44. The average molecular weight is 628 g/mol. The molecule has 2 aliphatic rings. The zero-order valence-electron chi connectivity index (χ0n) is 26.5. The van der Waals surface area contributed by atoms with Crippen LogP contribution in [-0.4, -0.2) is 70.7 Å². The van der Waals surface area contributed by atoms with Gasteiger partial charge in [-0.1, -0.05) is 43.6 Å². The van der Waals surface area contributed by atoms with Crippen molar-refractivity contribution in [3.05, 3.63) is 64.3 Å². The van der Waals surface area contributed by atoms with Gasteiger partial charge in [0.1, 0.15) is 12.8 Å². The van der Waals surface area contributed by atoms with Crippen LogP contribution < -0.4 is 5.73 Å². The monoisotopic (exact) mass is 627 g/mol. The van der Waals surface area contributed by atoms with Crippen LogP contribution in [0, 0.1) is 18.8 Å². The van der Waals surface area contributed by atoms with Gasteiger partial charge in [-0.05, 0) is 62.1 Å². The molecular weight excluding hydrogens is 586 g/mol. The quantitative estimate of drug-likeness (QED) is 0.145. The Kier molecular flexibility index (Phi) is 9.55. The lowest BCUT2D eigenvalue weighted by Crippen LogP contribution is -2.55. The molecule has 0 aliphatic carbocycles. The number of imide groups is 1. The SMILES string of the molecule is Cc1nn(CCCCC#Cc2cccc3c2CN(C2CCC(=O)N(COCC[Si](C)(C)C)C2=O)C3=O)c2cc(C(N)=O)ccc12. The summed E-state index contributed by atoms with van der Waals surface area (Å²) < 4.78 is 7.63. The van der Waals surface area contributed by atoms with E-state index in [0.29, 0.717) is 37.1 Å². The van der Waals surface area contributed by atoms with Crippen molar-refractivity contribution in [3.63, 3.8) is 0 Å². The van der Waals surface area contributed by atoms with Gasteiger partial charge < -0.3 is 15.4 Å². The average Bonchev–Trinajstić information content (AvgIpc) is 3.49. The molecule has 5 rings (SSSR count). The fourth-order valence-corrected chi connectivity index (χ4v) is 6.56. The molecule has 3 aromatic rings. The molecule has 2 N–H and O–H groups in total. The largest absolute Gasteiger partial charge is 0.366 e. The summed E-state index contributed by atoms with van der Waals surface area (Å²) in [6.07, 6.45) is 2.87. The highest BCUT2D eigenvalue weighted by molar-refractivity contribution is 6.76. The fraction of sp³-hybridized carbons (Fsp3) is 0.441. The van der Waals surface area contributed by atoms with Crippen molar-refractivity contribution < 1.29 is 23.9 Å². The highest BCUT2D eigenvalue weighted by Crippen LogP contribution is 2.31. The van der Waals surface area contributed by atoms with Crippen molar-refractivity contribution in [2.75, 3.05) is 13.3 Å². The van der Waals surface area contributed by atoms with Crippen molar-refractivity contribution in [2.24, 2.45) is 5.73 Å². The van der Waals surface area contributed by atoms with Gasteiger partial charge in [0, 0.05) is 62.7 Å². The number of nitrogens with zero attached hydrogens (tertiary/aromatic N) is 4. The summed E-state index contributed by atoms with van der Waals surface area (Å²) in [5.41, 5.74) is 9.87. The maximum atomic E-state index is 13.4. The van der Waals surface area contributed by atoms with Crippen molar-refractivity contribution >= 4 is 42.6 Å². The van der Waals surface area contributed by atoms with Crippen molar-refractivity contribution in [1.82, 2.24) is 19.6 Å². The van der Waals surface area contributed by atoms with E-state index in [4.69, 9.17) is 10.5 Å². The van der Waals surface area contributed by atoms with E-state index in [9.17, 15) is 19.2 Å². The summed E-state index contributed by atoms with van der Waals surface area (Å²) in [5.74, 6) is 5.19. The number of nitrogens with two attached hydrogens (primary N) is 1. The number of unbranched alkanes of at least 4 members (excludes halogenated alkanes) is 2. The van der Waals surface area contributed by atoms with Crippen LogP contribution in [-0.2, 0) is 27.4 Å². The molecule has 1 unspecified atom stereocenters. The number of aryl methyl sites for hydroxylation is 2. The molecule has 0 saturated carbocycles. The Bertz CT molecular complexity index is 1710. The van der Waals surface area contributed by atoms with E-state index < -0.39 is 20.0 Å². The Morgan fingerprint density at radius 1 is 1.13 bits per heavy atom. The van der Waals surface area contributed by atoms with Gasteiger partial charge in [0.25, 0.3) is 11.8 Å². The minimum absolute atomic E-state index is 0.0744. The van der Waals surface area contributed by atoms with E-state index in [0.717, 1.165) is 46.6 Å². The molecule has 2 aliphatic heterocycles. The Labute approximate surface area is 264 Å². The maximum Gasteiger partial charge on any atom is 0.255 e. The Balaban J connectivity index is 1.18. The molecule has 0 bridgehead atoms. The smallest absolute Gasteiger partial charge is 0.255 e. The lowest BCUT2D eigenvalue weighted by atomic mass is 10.0. The van der Waals surface area contributed by atoms with E-state index in [1.807, 2.05) is 29.8 Å². The lowest BCUT2D eigenvalue weighted by molar-refractivity contribution is -0.158. The molecule has 4 amide bonds. The second kappa shape index (κ2) is 13.4. The summed E-state index contributed by atoms with van der Waals surface area (Å²) in [6.45, 7) is 10.1. The number of fused-ring (bicyclic) bond motifs is 2. The highest BCUT2D eigenvalue weighted by atomic mass is 28.3. The van der Waals surface area contributed by atoms with E-state index >= 15 is 0 Å². The number of rotatable bonds is 11. The fourth-order valence-electron chi connectivity index (χ4n) is 5.80. The number of hydrogen-bond acceptors (Lipinski definition) is 6. The number of piperidine rings is 1. The predicted molar refractivity (Wildman–Crippen MR) is 174 cm³/mol. The molecule has 11 heteroatoms. The number of primary amides is 1. The first kappa shape index (κ1) is 32.1. The van der Waals surface area contributed by atoms with Crippen molar-refractivity contribution in [3.8, 4) is 11.8 Å². The van der Waals surface area contributed by atoms with Gasteiger partial charge in [-0.3, -0.25) is 28.8 Å². The lowest BCUT2D eigenvalue weighted by Gasteiger charge is -2.35. The molecule has 236 valence electrons. The zero-order chi connectivity index (χ0) is 32.3. The molecule has 1 atom stereocenters. The molecule has 45 heavy (non-hydrogen) atoms. The van der Waals surface area contributed by atoms with Gasteiger partial charge in [0.15, 0.2) is 0 Å². The second-order valence-corrected chi connectivity index (χ2v) is 18.6. The van der Waals surface area contributed by atoms with Crippen molar-refractivity contribution in [2.45, 2.75) is 83.8 Å². The van der Waals surface area contributed by atoms with Crippen LogP contribution >= 0.6 is 0 Å². The van der Waals surface area contributed by atoms with Gasteiger partial charge in [0.2, 0.25) is 11.8 Å². The molecule has 0 radical (unpaired) electrons. The summed E-state index contributed by atoms with van der Waals surface area (Å²) in [7, 11) is -1.30. The number of ether oxygens (including phenoxy) is 1. The summed E-state index contributed by atoms with van der Waals surface area (Å²) in [6, 6.07) is 11.1. The minimum atomic E-state index is -1.30. The second-order valence-electron chi connectivity index (χ2n) is 13.0. The molecule has 1 fully saturated rings. The maximum absolute atomic E-state index is 13.4. The summed E-state index contributed by atoms with van der Waals surface area (Å²) in [4.78, 5) is 53.7. The van der Waals surface area contributed by atoms with Crippen LogP contribution in [0.2, 0.25) is 25.7 Å². The summed E-state index contributed by atoms with van der Waals surface area (Å²) in [5, 5.41) is 5.63. The number of likely N-dealkylation sites (tertiary alicyclic amines) is 1. The molecule has 10 nitrogen and oxygen atoms in total. The number of amides is 4. The third kappa shape index (κ3) is 7.18. The van der Waals surface area contributed by atoms with Crippen LogP contribution in [0.25, 0.3) is 10.9 Å². The number of aromatic nitrogens is 2.